The van der Waals surface area contributed by atoms with Gasteiger partial charge in [0.25, 0.3) is 0 Å². The molecule has 0 radical (unpaired) electrons. The van der Waals surface area contributed by atoms with Crippen LogP contribution in [-0.2, 0) is 19.1 Å². The number of anilines is 1. The number of benzene rings is 2. The van der Waals surface area contributed by atoms with Gasteiger partial charge in [-0.15, -0.1) is 0 Å². The zero-order chi connectivity index (χ0) is 21.7. The van der Waals surface area contributed by atoms with Gasteiger partial charge >= 0.3 is 12.2 Å². The van der Waals surface area contributed by atoms with Gasteiger partial charge in [0.1, 0.15) is 0 Å². The molecule has 9 heteroatoms. The molecule has 1 heterocycles. The maximum Gasteiger partial charge on any atom is 0.435 e. The summed E-state index contributed by atoms with van der Waals surface area (Å²) in [5.41, 5.74) is 1.78. The van der Waals surface area contributed by atoms with E-state index in [0.717, 1.165) is 17.2 Å². The number of hydrogen-bond acceptors (Lipinski definition) is 3. The summed E-state index contributed by atoms with van der Waals surface area (Å²) in [5, 5.41) is 17.9. The van der Waals surface area contributed by atoms with Gasteiger partial charge in [-0.3, -0.25) is 0 Å². The molecular formula is C21H21F3N4O2. The second kappa shape index (κ2) is 9.00. The van der Waals surface area contributed by atoms with Gasteiger partial charge in [-0.1, -0.05) is 30.3 Å². The minimum atomic E-state index is -4.60. The molecule has 0 fully saturated rings. The second-order valence-corrected chi connectivity index (χ2v) is 6.70. The highest BCUT2D eigenvalue weighted by atomic mass is 19.4. The number of rotatable bonds is 6. The van der Waals surface area contributed by atoms with E-state index in [0.29, 0.717) is 17.8 Å². The van der Waals surface area contributed by atoms with E-state index in [4.69, 9.17) is 5.11 Å². The Kier molecular flexibility index (Phi) is 6.41. The standard InChI is InChI=1S/C21H21F3N4O2/c1-14-5-2-3-8-18(14)28-17(12-19(27-28)21(22,23)24)13-25-20(30)26-16-7-4-6-15(11-16)9-10-29/h2-8,11-12,29H,9-10,13H2,1H3,(H2,25,26,30). The Hall–Kier alpha value is -3.33. The summed E-state index contributed by atoms with van der Waals surface area (Å²) in [4.78, 5) is 12.2. The minimum Gasteiger partial charge on any atom is -0.396 e. The predicted molar refractivity (Wildman–Crippen MR) is 106 cm³/mol. The quantitative estimate of drug-likeness (QED) is 0.565. The molecule has 0 unspecified atom stereocenters. The summed E-state index contributed by atoms with van der Waals surface area (Å²) >= 11 is 0. The molecule has 0 spiro atoms. The first-order chi connectivity index (χ1) is 14.3. The first-order valence-corrected chi connectivity index (χ1v) is 9.24. The van der Waals surface area contributed by atoms with Gasteiger partial charge in [0, 0.05) is 12.3 Å². The number of carbonyl (C=O) groups excluding carboxylic acids is 1. The van der Waals surface area contributed by atoms with Crippen molar-refractivity contribution in [2.24, 2.45) is 0 Å². The van der Waals surface area contributed by atoms with Gasteiger partial charge in [-0.05, 0) is 48.7 Å². The van der Waals surface area contributed by atoms with Crippen LogP contribution >= 0.6 is 0 Å². The van der Waals surface area contributed by atoms with Gasteiger partial charge in [0.15, 0.2) is 5.69 Å². The number of para-hydroxylation sites is 1. The number of alkyl halides is 3. The Morgan fingerprint density at radius 1 is 1.13 bits per heavy atom. The average molecular weight is 418 g/mol. The first-order valence-electron chi connectivity index (χ1n) is 9.24. The zero-order valence-electron chi connectivity index (χ0n) is 16.2. The van der Waals surface area contributed by atoms with E-state index in [1.165, 1.54) is 4.68 Å². The van der Waals surface area contributed by atoms with Crippen LogP contribution < -0.4 is 10.6 Å². The molecule has 0 aliphatic carbocycles. The number of aryl methyl sites for hydroxylation is 1. The summed E-state index contributed by atoms with van der Waals surface area (Å²) in [7, 11) is 0. The van der Waals surface area contributed by atoms with Crippen LogP contribution in [0.1, 0.15) is 22.5 Å². The van der Waals surface area contributed by atoms with Crippen LogP contribution in [0.3, 0.4) is 0 Å². The van der Waals surface area contributed by atoms with Crippen molar-refractivity contribution in [3.05, 3.63) is 77.1 Å². The lowest BCUT2D eigenvalue weighted by Crippen LogP contribution is -2.29. The lowest BCUT2D eigenvalue weighted by molar-refractivity contribution is -0.141. The van der Waals surface area contributed by atoms with Crippen molar-refractivity contribution in [2.45, 2.75) is 26.1 Å². The normalized spacial score (nSPS) is 11.4. The maximum atomic E-state index is 13.2. The van der Waals surface area contributed by atoms with Crippen molar-refractivity contribution in [2.75, 3.05) is 11.9 Å². The highest BCUT2D eigenvalue weighted by Crippen LogP contribution is 2.30. The number of nitrogens with zero attached hydrogens (tertiary/aromatic N) is 2. The monoisotopic (exact) mass is 418 g/mol. The molecule has 0 aliphatic heterocycles. The van der Waals surface area contributed by atoms with Crippen LogP contribution in [0.5, 0.6) is 0 Å². The third-order valence-electron chi connectivity index (χ3n) is 4.43. The molecule has 0 aliphatic rings. The van der Waals surface area contributed by atoms with Crippen molar-refractivity contribution < 1.29 is 23.1 Å². The van der Waals surface area contributed by atoms with Crippen molar-refractivity contribution in [3.8, 4) is 5.69 Å². The van der Waals surface area contributed by atoms with Crippen LogP contribution in [0, 0.1) is 6.92 Å². The predicted octanol–water partition coefficient (Wildman–Crippen LogP) is 4.06. The van der Waals surface area contributed by atoms with E-state index >= 15 is 0 Å². The molecule has 2 amide bonds. The maximum absolute atomic E-state index is 13.2. The molecule has 3 rings (SSSR count). The topological polar surface area (TPSA) is 79.2 Å². The Morgan fingerprint density at radius 3 is 2.60 bits per heavy atom. The van der Waals surface area contributed by atoms with Crippen LogP contribution in [-0.4, -0.2) is 27.5 Å². The molecule has 158 valence electrons. The molecule has 30 heavy (non-hydrogen) atoms. The Labute approximate surface area is 171 Å². The molecule has 1 aromatic heterocycles. The van der Waals surface area contributed by atoms with E-state index in [9.17, 15) is 18.0 Å². The molecule has 6 nitrogen and oxygen atoms in total. The van der Waals surface area contributed by atoms with E-state index in [2.05, 4.69) is 15.7 Å². The molecular weight excluding hydrogens is 397 g/mol. The lowest BCUT2D eigenvalue weighted by Gasteiger charge is -2.12. The van der Waals surface area contributed by atoms with Crippen molar-refractivity contribution in [1.29, 1.82) is 0 Å². The third-order valence-corrected chi connectivity index (χ3v) is 4.43. The van der Waals surface area contributed by atoms with E-state index in [-0.39, 0.29) is 18.8 Å². The van der Waals surface area contributed by atoms with E-state index < -0.39 is 17.9 Å². The van der Waals surface area contributed by atoms with Gasteiger partial charge in [0.2, 0.25) is 0 Å². The van der Waals surface area contributed by atoms with E-state index in [1.54, 1.807) is 49.4 Å². The largest absolute Gasteiger partial charge is 0.435 e. The number of carbonyl (C=O) groups is 1. The molecule has 3 N–H and O–H groups in total. The number of hydrogen-bond donors (Lipinski definition) is 3. The average Bonchev–Trinajstić information content (AvgIpc) is 3.12. The highest BCUT2D eigenvalue weighted by Gasteiger charge is 2.35. The van der Waals surface area contributed by atoms with E-state index in [1.807, 2.05) is 6.07 Å². The summed E-state index contributed by atoms with van der Waals surface area (Å²) in [6, 6.07) is 14.2. The minimum absolute atomic E-state index is 0.0138. The number of amides is 2. The van der Waals surface area contributed by atoms with Crippen LogP contribution in [0.4, 0.5) is 23.7 Å². The third kappa shape index (κ3) is 5.18. The SMILES string of the molecule is Cc1ccccc1-n1nc(C(F)(F)F)cc1CNC(=O)Nc1cccc(CCO)c1. The van der Waals surface area contributed by atoms with Gasteiger partial charge in [0.05, 0.1) is 17.9 Å². The molecule has 0 saturated carbocycles. The number of nitrogens with one attached hydrogen (secondary N) is 2. The van der Waals surface area contributed by atoms with Crippen LogP contribution in [0.15, 0.2) is 54.6 Å². The molecule has 0 saturated heterocycles. The fourth-order valence-electron chi connectivity index (χ4n) is 2.97. The zero-order valence-corrected chi connectivity index (χ0v) is 16.2. The first kappa shape index (κ1) is 21.4. The number of urea groups is 1. The summed E-state index contributed by atoms with van der Waals surface area (Å²) < 4.78 is 40.8. The lowest BCUT2D eigenvalue weighted by atomic mass is 10.1. The highest BCUT2D eigenvalue weighted by molar-refractivity contribution is 5.89. The van der Waals surface area contributed by atoms with Gasteiger partial charge < -0.3 is 15.7 Å². The van der Waals surface area contributed by atoms with Crippen molar-refractivity contribution in [1.82, 2.24) is 15.1 Å². The summed E-state index contributed by atoms with van der Waals surface area (Å²) in [6.45, 7) is 1.60. The second-order valence-electron chi connectivity index (χ2n) is 6.70. The summed E-state index contributed by atoms with van der Waals surface area (Å²) in [5.74, 6) is 0. The number of halogens is 3. The fourth-order valence-corrected chi connectivity index (χ4v) is 2.97. The number of aliphatic hydroxyl groups excluding tert-OH is 1. The Bertz CT molecular complexity index is 1030. The summed E-state index contributed by atoms with van der Waals surface area (Å²) in [6.07, 6.45) is -4.15. The fraction of sp³-hybridized carbons (Fsp3) is 0.238. The van der Waals surface area contributed by atoms with Crippen LogP contribution in [0.25, 0.3) is 5.69 Å². The smallest absolute Gasteiger partial charge is 0.396 e. The molecule has 2 aromatic carbocycles. The van der Waals surface area contributed by atoms with Gasteiger partial charge in [-0.25, -0.2) is 9.48 Å². The van der Waals surface area contributed by atoms with Crippen molar-refractivity contribution >= 4 is 11.7 Å². The van der Waals surface area contributed by atoms with Crippen molar-refractivity contribution in [3.63, 3.8) is 0 Å². The Morgan fingerprint density at radius 2 is 1.90 bits per heavy atom. The molecule has 3 aromatic rings. The van der Waals surface area contributed by atoms with Crippen LogP contribution in [0.2, 0.25) is 0 Å². The Balaban J connectivity index is 1.77. The number of aliphatic hydroxyl groups is 1. The number of aromatic nitrogens is 2. The molecule has 0 atom stereocenters. The molecule has 0 bridgehead atoms. The van der Waals surface area contributed by atoms with Gasteiger partial charge in [-0.2, -0.15) is 18.3 Å².